The van der Waals surface area contributed by atoms with Crippen molar-refractivity contribution in [3.05, 3.63) is 70.5 Å². The number of halogens is 2. The van der Waals surface area contributed by atoms with Crippen LogP contribution < -0.4 is 5.32 Å². The van der Waals surface area contributed by atoms with Gasteiger partial charge in [-0.3, -0.25) is 4.79 Å². The highest BCUT2D eigenvalue weighted by molar-refractivity contribution is 6.30. The maximum Gasteiger partial charge on any atom is 0.248 e. The highest BCUT2D eigenvalue weighted by Gasteiger charge is 2.03. The number of hydrogen-bond acceptors (Lipinski definition) is 2. The zero-order valence-corrected chi connectivity index (χ0v) is 11.8. The fraction of sp³-hybridized carbons (Fsp3) is 0.0625. The van der Waals surface area contributed by atoms with E-state index in [0.29, 0.717) is 16.8 Å². The van der Waals surface area contributed by atoms with Gasteiger partial charge in [-0.05, 0) is 29.8 Å². The normalized spacial score (nSPS) is 10.8. The van der Waals surface area contributed by atoms with Crippen LogP contribution in [0.5, 0.6) is 0 Å². The van der Waals surface area contributed by atoms with Gasteiger partial charge < -0.3 is 10.4 Å². The summed E-state index contributed by atoms with van der Waals surface area (Å²) >= 11 is 5.66. The topological polar surface area (TPSA) is 49.3 Å². The second-order valence-electron chi connectivity index (χ2n) is 4.31. The molecule has 0 aliphatic rings. The zero-order valence-electron chi connectivity index (χ0n) is 11.0. The Hall–Kier alpha value is -2.17. The smallest absolute Gasteiger partial charge is 0.248 e. The van der Waals surface area contributed by atoms with Crippen molar-refractivity contribution in [1.29, 1.82) is 0 Å². The first-order chi connectivity index (χ1) is 10.1. The van der Waals surface area contributed by atoms with Gasteiger partial charge in [0.25, 0.3) is 0 Å². The number of aliphatic hydroxyl groups excluding tert-OH is 1. The molecule has 0 bridgehead atoms. The van der Waals surface area contributed by atoms with Gasteiger partial charge in [0.05, 0.1) is 11.6 Å². The molecule has 2 aromatic carbocycles. The molecule has 0 aliphatic carbocycles. The van der Waals surface area contributed by atoms with Gasteiger partial charge in [0, 0.05) is 17.3 Å². The SMILES string of the molecule is O=C(C=Cc1ccc(F)c(Cl)c1)Nc1ccccc1CO. The maximum atomic E-state index is 13.0. The summed E-state index contributed by atoms with van der Waals surface area (Å²) in [6.07, 6.45) is 2.85. The Morgan fingerprint density at radius 3 is 2.76 bits per heavy atom. The van der Waals surface area contributed by atoms with Crippen LogP contribution in [0.15, 0.2) is 48.5 Å². The van der Waals surface area contributed by atoms with Crippen LogP contribution in [-0.4, -0.2) is 11.0 Å². The van der Waals surface area contributed by atoms with Crippen molar-refractivity contribution in [2.45, 2.75) is 6.61 Å². The number of hydrogen-bond donors (Lipinski definition) is 2. The van der Waals surface area contributed by atoms with E-state index in [4.69, 9.17) is 11.6 Å². The summed E-state index contributed by atoms with van der Waals surface area (Å²) in [4.78, 5) is 11.8. The molecule has 3 nitrogen and oxygen atoms in total. The maximum absolute atomic E-state index is 13.0. The van der Waals surface area contributed by atoms with Crippen molar-refractivity contribution in [3.8, 4) is 0 Å². The van der Waals surface area contributed by atoms with Crippen LogP contribution in [0.2, 0.25) is 5.02 Å². The van der Waals surface area contributed by atoms with Crippen molar-refractivity contribution in [2.75, 3.05) is 5.32 Å². The van der Waals surface area contributed by atoms with Crippen LogP contribution in [0.3, 0.4) is 0 Å². The number of rotatable bonds is 4. The molecule has 0 radical (unpaired) electrons. The molecule has 5 heteroatoms. The molecule has 0 heterocycles. The quantitative estimate of drug-likeness (QED) is 0.848. The van der Waals surface area contributed by atoms with Crippen LogP contribution >= 0.6 is 11.6 Å². The predicted molar refractivity (Wildman–Crippen MR) is 81.4 cm³/mol. The largest absolute Gasteiger partial charge is 0.392 e. The van der Waals surface area contributed by atoms with E-state index in [1.165, 1.54) is 30.4 Å². The molecule has 108 valence electrons. The summed E-state index contributed by atoms with van der Waals surface area (Å²) in [5.41, 5.74) is 1.79. The van der Waals surface area contributed by atoms with E-state index in [1.54, 1.807) is 24.3 Å². The lowest BCUT2D eigenvalue weighted by Crippen LogP contribution is -2.09. The molecule has 0 saturated carbocycles. The third-order valence-electron chi connectivity index (χ3n) is 2.82. The van der Waals surface area contributed by atoms with Gasteiger partial charge in [-0.1, -0.05) is 35.9 Å². The Kier molecular flexibility index (Phi) is 5.09. The third-order valence-corrected chi connectivity index (χ3v) is 3.11. The van der Waals surface area contributed by atoms with Crippen molar-refractivity contribution in [2.24, 2.45) is 0 Å². The first-order valence-electron chi connectivity index (χ1n) is 6.23. The molecule has 2 aromatic rings. The van der Waals surface area contributed by atoms with E-state index < -0.39 is 5.82 Å². The first kappa shape index (κ1) is 15.2. The molecule has 0 spiro atoms. The summed E-state index contributed by atoms with van der Waals surface area (Å²) in [6.45, 7) is -0.159. The molecule has 21 heavy (non-hydrogen) atoms. The molecule has 1 amide bonds. The van der Waals surface area contributed by atoms with E-state index >= 15 is 0 Å². The minimum absolute atomic E-state index is 0.00295. The van der Waals surface area contributed by atoms with Crippen molar-refractivity contribution < 1.29 is 14.3 Å². The van der Waals surface area contributed by atoms with Gasteiger partial charge in [0.2, 0.25) is 5.91 Å². The number of nitrogens with one attached hydrogen (secondary N) is 1. The van der Waals surface area contributed by atoms with Crippen LogP contribution in [0.1, 0.15) is 11.1 Å². The molecule has 0 atom stereocenters. The van der Waals surface area contributed by atoms with Crippen molar-refractivity contribution in [3.63, 3.8) is 0 Å². The van der Waals surface area contributed by atoms with Gasteiger partial charge in [0.1, 0.15) is 5.82 Å². The lowest BCUT2D eigenvalue weighted by atomic mass is 10.2. The molecular formula is C16H13ClFNO2. The summed E-state index contributed by atoms with van der Waals surface area (Å²) in [7, 11) is 0. The summed E-state index contributed by atoms with van der Waals surface area (Å²) in [5.74, 6) is -0.855. The Bertz CT molecular complexity index is 686. The third kappa shape index (κ3) is 4.15. The molecule has 0 aliphatic heterocycles. The molecule has 2 N–H and O–H groups in total. The van der Waals surface area contributed by atoms with E-state index in [1.807, 2.05) is 0 Å². The molecule has 0 aromatic heterocycles. The second kappa shape index (κ2) is 7.02. The van der Waals surface area contributed by atoms with Gasteiger partial charge in [-0.15, -0.1) is 0 Å². The fourth-order valence-corrected chi connectivity index (χ4v) is 1.93. The Morgan fingerprint density at radius 2 is 2.05 bits per heavy atom. The van der Waals surface area contributed by atoms with Crippen molar-refractivity contribution in [1.82, 2.24) is 0 Å². The standard InChI is InChI=1S/C16H13ClFNO2/c17-13-9-11(5-7-14(13)18)6-8-16(21)19-15-4-2-1-3-12(15)10-20/h1-9,20H,10H2,(H,19,21). The summed E-state index contributed by atoms with van der Waals surface area (Å²) in [5, 5.41) is 11.8. The monoisotopic (exact) mass is 305 g/mol. The minimum Gasteiger partial charge on any atom is -0.392 e. The highest BCUT2D eigenvalue weighted by atomic mass is 35.5. The fourth-order valence-electron chi connectivity index (χ4n) is 1.74. The van der Waals surface area contributed by atoms with Gasteiger partial charge >= 0.3 is 0 Å². The zero-order chi connectivity index (χ0) is 15.2. The van der Waals surface area contributed by atoms with Crippen LogP contribution in [-0.2, 0) is 11.4 Å². The molecule has 2 rings (SSSR count). The van der Waals surface area contributed by atoms with E-state index in [0.717, 1.165) is 0 Å². The number of para-hydroxylation sites is 1. The van der Waals surface area contributed by atoms with E-state index in [9.17, 15) is 14.3 Å². The Morgan fingerprint density at radius 1 is 1.29 bits per heavy atom. The van der Waals surface area contributed by atoms with Crippen LogP contribution in [0, 0.1) is 5.82 Å². The molecule has 0 saturated heterocycles. The predicted octanol–water partition coefficient (Wildman–Crippen LogP) is 3.62. The number of carbonyl (C=O) groups excluding carboxylic acids is 1. The van der Waals surface area contributed by atoms with Gasteiger partial charge in [-0.25, -0.2) is 4.39 Å². The lowest BCUT2D eigenvalue weighted by Gasteiger charge is -2.07. The average molecular weight is 306 g/mol. The Labute approximate surface area is 126 Å². The Balaban J connectivity index is 2.07. The first-order valence-corrected chi connectivity index (χ1v) is 6.61. The van der Waals surface area contributed by atoms with Crippen LogP contribution in [0.25, 0.3) is 6.08 Å². The number of anilines is 1. The highest BCUT2D eigenvalue weighted by Crippen LogP contribution is 2.17. The van der Waals surface area contributed by atoms with Gasteiger partial charge in [-0.2, -0.15) is 0 Å². The minimum atomic E-state index is -0.504. The summed E-state index contributed by atoms with van der Waals surface area (Å²) in [6, 6.07) is 11.1. The lowest BCUT2D eigenvalue weighted by molar-refractivity contribution is -0.111. The van der Waals surface area contributed by atoms with Crippen molar-refractivity contribution >= 4 is 29.3 Å². The number of carbonyl (C=O) groups is 1. The number of benzene rings is 2. The van der Waals surface area contributed by atoms with Crippen LogP contribution in [0.4, 0.5) is 10.1 Å². The molecule has 0 unspecified atom stereocenters. The average Bonchev–Trinajstić information content (AvgIpc) is 2.49. The van der Waals surface area contributed by atoms with Gasteiger partial charge in [0.15, 0.2) is 0 Å². The molecular weight excluding hydrogens is 293 g/mol. The number of aliphatic hydroxyl groups is 1. The van der Waals surface area contributed by atoms with E-state index in [2.05, 4.69) is 5.32 Å². The summed E-state index contributed by atoms with van der Waals surface area (Å²) < 4.78 is 13.0. The van der Waals surface area contributed by atoms with E-state index in [-0.39, 0.29) is 17.5 Å². The molecule has 0 fully saturated rings. The number of amides is 1. The second-order valence-corrected chi connectivity index (χ2v) is 4.72.